The molecule has 0 spiro atoms. The molecule has 0 aliphatic heterocycles. The summed E-state index contributed by atoms with van der Waals surface area (Å²) in [5.41, 5.74) is 0.780. The highest BCUT2D eigenvalue weighted by molar-refractivity contribution is 5.94. The summed E-state index contributed by atoms with van der Waals surface area (Å²) >= 11 is 0. The van der Waals surface area contributed by atoms with E-state index in [1.807, 2.05) is 30.3 Å². The lowest BCUT2D eigenvalue weighted by molar-refractivity contribution is 0.0936. The first-order chi connectivity index (χ1) is 8.72. The van der Waals surface area contributed by atoms with Crippen LogP contribution >= 0.6 is 0 Å². The van der Waals surface area contributed by atoms with Crippen molar-refractivity contribution in [3.63, 3.8) is 0 Å². The zero-order valence-electron chi connectivity index (χ0n) is 10.9. The Bertz CT molecular complexity index is 414. The molecule has 2 heteroatoms. The monoisotopic (exact) mass is 243 g/mol. The molecule has 0 radical (unpaired) electrons. The van der Waals surface area contributed by atoms with Crippen molar-refractivity contribution < 1.29 is 4.79 Å². The molecule has 1 aromatic carbocycles. The van der Waals surface area contributed by atoms with Crippen molar-refractivity contribution in [2.45, 2.75) is 38.6 Å². The zero-order chi connectivity index (χ0) is 12.5. The van der Waals surface area contributed by atoms with Gasteiger partial charge in [-0.2, -0.15) is 0 Å². The highest BCUT2D eigenvalue weighted by Gasteiger charge is 2.40. The molecule has 2 fully saturated rings. The molecule has 2 atom stereocenters. The Labute approximate surface area is 109 Å². The minimum absolute atomic E-state index is 0.0913. The van der Waals surface area contributed by atoms with Gasteiger partial charge in [0.05, 0.1) is 0 Å². The quantitative estimate of drug-likeness (QED) is 0.849. The third kappa shape index (κ3) is 2.29. The van der Waals surface area contributed by atoms with Gasteiger partial charge in [-0.25, -0.2) is 0 Å². The van der Waals surface area contributed by atoms with E-state index in [0.717, 1.165) is 23.3 Å². The zero-order valence-corrected chi connectivity index (χ0v) is 10.9. The SMILES string of the molecule is CC1CC2CC(NC(=O)c3ccccc3)CC2C1. The van der Waals surface area contributed by atoms with Crippen LogP contribution in [0.5, 0.6) is 0 Å². The second kappa shape index (κ2) is 4.75. The van der Waals surface area contributed by atoms with Gasteiger partial charge in [-0.05, 0) is 55.6 Å². The normalized spacial score (nSPS) is 34.3. The standard InChI is InChI=1S/C16H21NO/c1-11-7-13-9-15(10-14(13)8-11)17-16(18)12-5-3-2-4-6-12/h2-6,11,13-15H,7-10H2,1H3,(H,17,18). The third-order valence-corrected chi connectivity index (χ3v) is 4.62. The summed E-state index contributed by atoms with van der Waals surface area (Å²) < 4.78 is 0. The molecule has 3 rings (SSSR count). The van der Waals surface area contributed by atoms with Gasteiger partial charge in [0.25, 0.3) is 5.91 Å². The van der Waals surface area contributed by atoms with Gasteiger partial charge in [-0.1, -0.05) is 25.1 Å². The Morgan fingerprint density at radius 2 is 1.67 bits per heavy atom. The van der Waals surface area contributed by atoms with Crippen molar-refractivity contribution in [1.82, 2.24) is 5.32 Å². The highest BCUT2D eigenvalue weighted by atomic mass is 16.1. The molecule has 18 heavy (non-hydrogen) atoms. The van der Waals surface area contributed by atoms with Gasteiger partial charge >= 0.3 is 0 Å². The number of nitrogens with one attached hydrogen (secondary N) is 1. The minimum atomic E-state index is 0.0913. The Balaban J connectivity index is 1.58. The molecule has 0 heterocycles. The smallest absolute Gasteiger partial charge is 0.251 e. The number of hydrogen-bond donors (Lipinski definition) is 1. The number of amides is 1. The molecular weight excluding hydrogens is 222 g/mol. The van der Waals surface area contributed by atoms with Gasteiger partial charge in [-0.15, -0.1) is 0 Å². The van der Waals surface area contributed by atoms with E-state index in [-0.39, 0.29) is 5.91 Å². The fourth-order valence-electron chi connectivity index (χ4n) is 3.90. The first kappa shape index (κ1) is 11.8. The van der Waals surface area contributed by atoms with Gasteiger partial charge in [-0.3, -0.25) is 4.79 Å². The number of carbonyl (C=O) groups excluding carboxylic acids is 1. The summed E-state index contributed by atoms with van der Waals surface area (Å²) in [6.07, 6.45) is 5.10. The number of rotatable bonds is 2. The average molecular weight is 243 g/mol. The van der Waals surface area contributed by atoms with E-state index in [0.29, 0.717) is 6.04 Å². The lowest BCUT2D eigenvalue weighted by atomic mass is 10.0. The number of carbonyl (C=O) groups is 1. The van der Waals surface area contributed by atoms with E-state index in [2.05, 4.69) is 12.2 Å². The first-order valence-electron chi connectivity index (χ1n) is 7.08. The maximum atomic E-state index is 12.1. The second-order valence-corrected chi connectivity index (χ2v) is 6.10. The van der Waals surface area contributed by atoms with Crippen LogP contribution in [0.2, 0.25) is 0 Å². The predicted molar refractivity (Wildman–Crippen MR) is 72.3 cm³/mol. The Morgan fingerprint density at radius 1 is 1.06 bits per heavy atom. The average Bonchev–Trinajstić information content (AvgIpc) is 2.86. The molecule has 1 aromatic rings. The molecule has 0 bridgehead atoms. The first-order valence-corrected chi connectivity index (χ1v) is 7.08. The molecule has 0 saturated heterocycles. The second-order valence-electron chi connectivity index (χ2n) is 6.10. The fraction of sp³-hybridized carbons (Fsp3) is 0.562. The van der Waals surface area contributed by atoms with E-state index in [1.165, 1.54) is 25.7 Å². The lowest BCUT2D eigenvalue weighted by Crippen LogP contribution is -2.33. The van der Waals surface area contributed by atoms with Crippen molar-refractivity contribution in [2.75, 3.05) is 0 Å². The summed E-state index contributed by atoms with van der Waals surface area (Å²) in [6, 6.07) is 9.94. The molecule has 2 aliphatic carbocycles. The van der Waals surface area contributed by atoms with E-state index in [9.17, 15) is 4.79 Å². The molecular formula is C16H21NO. The van der Waals surface area contributed by atoms with Crippen LogP contribution < -0.4 is 5.32 Å². The Kier molecular flexibility index (Phi) is 3.11. The highest BCUT2D eigenvalue weighted by Crippen LogP contribution is 2.46. The third-order valence-electron chi connectivity index (χ3n) is 4.62. The van der Waals surface area contributed by atoms with E-state index in [1.54, 1.807) is 0 Å². The van der Waals surface area contributed by atoms with Crippen molar-refractivity contribution in [3.05, 3.63) is 35.9 Å². The number of fused-ring (bicyclic) bond motifs is 1. The van der Waals surface area contributed by atoms with Crippen molar-refractivity contribution >= 4 is 5.91 Å². The molecule has 0 aromatic heterocycles. The van der Waals surface area contributed by atoms with Crippen LogP contribution in [0.3, 0.4) is 0 Å². The van der Waals surface area contributed by atoms with E-state index < -0.39 is 0 Å². The molecule has 2 saturated carbocycles. The fourth-order valence-corrected chi connectivity index (χ4v) is 3.90. The summed E-state index contributed by atoms with van der Waals surface area (Å²) in [5.74, 6) is 2.71. The van der Waals surface area contributed by atoms with Crippen LogP contribution in [0.15, 0.2) is 30.3 Å². The van der Waals surface area contributed by atoms with Crippen LogP contribution in [0.1, 0.15) is 43.0 Å². The van der Waals surface area contributed by atoms with Crippen LogP contribution in [0.25, 0.3) is 0 Å². The summed E-state index contributed by atoms with van der Waals surface area (Å²) in [7, 11) is 0. The van der Waals surface area contributed by atoms with Crippen molar-refractivity contribution in [3.8, 4) is 0 Å². The van der Waals surface area contributed by atoms with Gasteiger partial charge < -0.3 is 5.32 Å². The predicted octanol–water partition coefficient (Wildman–Crippen LogP) is 3.24. The van der Waals surface area contributed by atoms with Crippen LogP contribution in [-0.4, -0.2) is 11.9 Å². The lowest BCUT2D eigenvalue weighted by Gasteiger charge is -2.14. The number of benzene rings is 1. The van der Waals surface area contributed by atoms with Crippen LogP contribution in [-0.2, 0) is 0 Å². The molecule has 96 valence electrons. The Hall–Kier alpha value is -1.31. The minimum Gasteiger partial charge on any atom is -0.349 e. The maximum Gasteiger partial charge on any atom is 0.251 e. The van der Waals surface area contributed by atoms with Crippen molar-refractivity contribution in [1.29, 1.82) is 0 Å². The molecule has 2 unspecified atom stereocenters. The summed E-state index contributed by atoms with van der Waals surface area (Å²) in [6.45, 7) is 2.36. The maximum absolute atomic E-state index is 12.1. The van der Waals surface area contributed by atoms with Gasteiger partial charge in [0.15, 0.2) is 0 Å². The molecule has 2 aliphatic rings. The van der Waals surface area contributed by atoms with Crippen molar-refractivity contribution in [2.24, 2.45) is 17.8 Å². The van der Waals surface area contributed by atoms with Gasteiger partial charge in [0.1, 0.15) is 0 Å². The van der Waals surface area contributed by atoms with E-state index >= 15 is 0 Å². The number of hydrogen-bond acceptors (Lipinski definition) is 1. The largest absolute Gasteiger partial charge is 0.349 e. The molecule has 1 amide bonds. The van der Waals surface area contributed by atoms with E-state index in [4.69, 9.17) is 0 Å². The summed E-state index contributed by atoms with van der Waals surface area (Å²) in [5, 5.41) is 3.20. The summed E-state index contributed by atoms with van der Waals surface area (Å²) in [4.78, 5) is 12.1. The van der Waals surface area contributed by atoms with Crippen LogP contribution in [0.4, 0.5) is 0 Å². The van der Waals surface area contributed by atoms with Gasteiger partial charge in [0, 0.05) is 11.6 Å². The topological polar surface area (TPSA) is 29.1 Å². The van der Waals surface area contributed by atoms with Gasteiger partial charge in [0.2, 0.25) is 0 Å². The Morgan fingerprint density at radius 3 is 2.28 bits per heavy atom. The molecule has 1 N–H and O–H groups in total. The van der Waals surface area contributed by atoms with Crippen LogP contribution in [0, 0.1) is 17.8 Å². The molecule has 2 nitrogen and oxygen atoms in total.